The second-order valence-electron chi connectivity index (χ2n) is 3.75. The third-order valence-corrected chi connectivity index (χ3v) is 4.82. The van der Waals surface area contributed by atoms with Gasteiger partial charge in [0.2, 0.25) is 0 Å². The Kier molecular flexibility index (Phi) is 4.85. The first kappa shape index (κ1) is 14.4. The van der Waals surface area contributed by atoms with Gasteiger partial charge in [0, 0.05) is 14.8 Å². The highest BCUT2D eigenvalue weighted by Crippen LogP contribution is 2.27. The van der Waals surface area contributed by atoms with E-state index in [-0.39, 0.29) is 5.97 Å². The number of thiazole rings is 1. The van der Waals surface area contributed by atoms with Crippen molar-refractivity contribution < 1.29 is 9.53 Å². The first-order chi connectivity index (χ1) is 9.10. The van der Waals surface area contributed by atoms with Gasteiger partial charge in [-0.05, 0) is 31.2 Å². The minimum absolute atomic E-state index is 0.378. The van der Waals surface area contributed by atoms with E-state index in [0.29, 0.717) is 5.69 Å². The number of esters is 1. The van der Waals surface area contributed by atoms with Crippen molar-refractivity contribution in [2.45, 2.75) is 17.6 Å². The van der Waals surface area contributed by atoms with Gasteiger partial charge in [0.15, 0.2) is 5.69 Å². The fourth-order valence-corrected chi connectivity index (χ4v) is 3.41. The van der Waals surface area contributed by atoms with Gasteiger partial charge < -0.3 is 4.74 Å². The van der Waals surface area contributed by atoms with Gasteiger partial charge in [-0.15, -0.1) is 23.1 Å². The highest BCUT2D eigenvalue weighted by molar-refractivity contribution is 7.98. The molecular weight excluding hydrogens is 302 g/mol. The molecule has 0 radical (unpaired) electrons. The largest absolute Gasteiger partial charge is 0.464 e. The molecule has 0 aliphatic carbocycles. The zero-order chi connectivity index (χ0) is 13.8. The summed E-state index contributed by atoms with van der Waals surface area (Å²) in [5.74, 6) is 0.348. The summed E-state index contributed by atoms with van der Waals surface area (Å²) in [4.78, 5) is 17.8. The maximum atomic E-state index is 11.5. The Labute approximate surface area is 125 Å². The topological polar surface area (TPSA) is 39.2 Å². The summed E-state index contributed by atoms with van der Waals surface area (Å²) in [5, 5.41) is 1.64. The molecule has 1 heterocycles. The van der Waals surface area contributed by atoms with E-state index in [9.17, 15) is 4.79 Å². The number of hydrogen-bond donors (Lipinski definition) is 0. The molecule has 1 aromatic heterocycles. The number of ether oxygens (including phenoxy) is 1. The Morgan fingerprint density at radius 1 is 1.42 bits per heavy atom. The summed E-state index contributed by atoms with van der Waals surface area (Å²) in [5.41, 5.74) is 0.416. The van der Waals surface area contributed by atoms with Crippen molar-refractivity contribution in [3.8, 4) is 0 Å². The van der Waals surface area contributed by atoms with E-state index in [1.165, 1.54) is 18.4 Å². The van der Waals surface area contributed by atoms with Crippen LogP contribution in [-0.2, 0) is 10.5 Å². The fourth-order valence-electron chi connectivity index (χ4n) is 1.47. The number of hydrogen-bond acceptors (Lipinski definition) is 5. The Hall–Kier alpha value is -1.04. The molecular formula is C13H12ClNO2S2. The molecule has 6 heteroatoms. The van der Waals surface area contributed by atoms with Gasteiger partial charge in [-0.2, -0.15) is 0 Å². The van der Waals surface area contributed by atoms with E-state index in [2.05, 4.69) is 4.98 Å². The predicted molar refractivity (Wildman–Crippen MR) is 79.2 cm³/mol. The number of aromatic nitrogens is 1. The SMILES string of the molecule is COC(=O)c1nc(CSc2ccc(Cl)cc2)sc1C. The zero-order valence-electron chi connectivity index (χ0n) is 10.5. The van der Waals surface area contributed by atoms with Crippen molar-refractivity contribution in [2.75, 3.05) is 7.11 Å². The molecule has 0 N–H and O–H groups in total. The Morgan fingerprint density at radius 2 is 2.11 bits per heavy atom. The zero-order valence-corrected chi connectivity index (χ0v) is 12.9. The van der Waals surface area contributed by atoms with Crippen molar-refractivity contribution >= 4 is 40.7 Å². The lowest BCUT2D eigenvalue weighted by molar-refractivity contribution is 0.0594. The number of nitrogens with zero attached hydrogens (tertiary/aromatic N) is 1. The Balaban J connectivity index is 2.04. The third kappa shape index (κ3) is 3.72. The lowest BCUT2D eigenvalue weighted by Gasteiger charge is -1.98. The number of carbonyl (C=O) groups is 1. The molecule has 19 heavy (non-hydrogen) atoms. The first-order valence-electron chi connectivity index (χ1n) is 5.53. The molecule has 0 saturated carbocycles. The van der Waals surface area contributed by atoms with Crippen LogP contribution in [0.15, 0.2) is 29.2 Å². The second-order valence-corrected chi connectivity index (χ2v) is 6.52. The van der Waals surface area contributed by atoms with E-state index in [1.54, 1.807) is 11.8 Å². The van der Waals surface area contributed by atoms with E-state index in [1.807, 2.05) is 31.2 Å². The maximum absolute atomic E-state index is 11.5. The number of aryl methyl sites for hydroxylation is 1. The molecule has 0 spiro atoms. The Bertz CT molecular complexity index is 581. The summed E-state index contributed by atoms with van der Waals surface area (Å²) in [6.45, 7) is 1.88. The average molecular weight is 314 g/mol. The average Bonchev–Trinajstić information content (AvgIpc) is 2.78. The number of rotatable bonds is 4. The molecule has 0 amide bonds. The van der Waals surface area contributed by atoms with E-state index in [4.69, 9.17) is 16.3 Å². The van der Waals surface area contributed by atoms with Gasteiger partial charge in [0.1, 0.15) is 5.01 Å². The van der Waals surface area contributed by atoms with Crippen molar-refractivity contribution in [2.24, 2.45) is 0 Å². The number of carbonyl (C=O) groups excluding carboxylic acids is 1. The van der Waals surface area contributed by atoms with Gasteiger partial charge in [-0.1, -0.05) is 11.6 Å². The van der Waals surface area contributed by atoms with Crippen LogP contribution in [0.3, 0.4) is 0 Å². The number of methoxy groups -OCH3 is 1. The van der Waals surface area contributed by atoms with Crippen LogP contribution in [-0.4, -0.2) is 18.1 Å². The predicted octanol–water partition coefficient (Wildman–Crippen LogP) is 4.18. The number of thioether (sulfide) groups is 1. The summed E-state index contributed by atoms with van der Waals surface area (Å²) in [6, 6.07) is 7.65. The minimum atomic E-state index is -0.378. The molecule has 2 aromatic rings. The molecule has 1 aromatic carbocycles. The van der Waals surface area contributed by atoms with Crippen LogP contribution >= 0.6 is 34.7 Å². The van der Waals surface area contributed by atoms with Crippen molar-refractivity contribution in [3.63, 3.8) is 0 Å². The van der Waals surface area contributed by atoms with Gasteiger partial charge in [0.05, 0.1) is 12.9 Å². The molecule has 100 valence electrons. The lowest BCUT2D eigenvalue weighted by Crippen LogP contribution is -2.03. The van der Waals surface area contributed by atoms with Crippen molar-refractivity contribution in [1.29, 1.82) is 0 Å². The fraction of sp³-hybridized carbons (Fsp3) is 0.231. The quantitative estimate of drug-likeness (QED) is 0.627. The molecule has 0 bridgehead atoms. The highest BCUT2D eigenvalue weighted by Gasteiger charge is 2.15. The summed E-state index contributed by atoms with van der Waals surface area (Å²) >= 11 is 9.02. The van der Waals surface area contributed by atoms with Gasteiger partial charge in [0.25, 0.3) is 0 Å². The second kappa shape index (κ2) is 6.41. The molecule has 0 atom stereocenters. The molecule has 3 nitrogen and oxygen atoms in total. The van der Waals surface area contributed by atoms with Crippen LogP contribution < -0.4 is 0 Å². The lowest BCUT2D eigenvalue weighted by atomic mass is 10.4. The standard InChI is InChI=1S/C13H12ClNO2S2/c1-8-12(13(16)17-2)15-11(19-8)7-18-10-5-3-9(14)4-6-10/h3-6H,7H2,1-2H3. The van der Waals surface area contributed by atoms with E-state index in [0.717, 1.165) is 25.6 Å². The van der Waals surface area contributed by atoms with Gasteiger partial charge >= 0.3 is 5.97 Å². The molecule has 2 rings (SSSR count). The van der Waals surface area contributed by atoms with Crippen molar-refractivity contribution in [3.05, 3.63) is 44.9 Å². The van der Waals surface area contributed by atoms with Gasteiger partial charge in [-0.25, -0.2) is 9.78 Å². The van der Waals surface area contributed by atoms with Crippen molar-refractivity contribution in [1.82, 2.24) is 4.98 Å². The first-order valence-corrected chi connectivity index (χ1v) is 7.71. The maximum Gasteiger partial charge on any atom is 0.357 e. The normalized spacial score (nSPS) is 10.5. The van der Waals surface area contributed by atoms with E-state index < -0.39 is 0 Å². The van der Waals surface area contributed by atoms with Crippen LogP contribution in [0.4, 0.5) is 0 Å². The molecule has 0 aliphatic rings. The summed E-state index contributed by atoms with van der Waals surface area (Å²) in [7, 11) is 1.36. The van der Waals surface area contributed by atoms with Crippen LogP contribution in [0.5, 0.6) is 0 Å². The van der Waals surface area contributed by atoms with E-state index >= 15 is 0 Å². The monoisotopic (exact) mass is 313 g/mol. The minimum Gasteiger partial charge on any atom is -0.464 e. The van der Waals surface area contributed by atoms with Crippen LogP contribution in [0.2, 0.25) is 5.02 Å². The van der Waals surface area contributed by atoms with Gasteiger partial charge in [-0.3, -0.25) is 0 Å². The highest BCUT2D eigenvalue weighted by atomic mass is 35.5. The van der Waals surface area contributed by atoms with Crippen LogP contribution in [0, 0.1) is 6.92 Å². The number of halogens is 1. The molecule has 0 aliphatic heterocycles. The Morgan fingerprint density at radius 3 is 2.74 bits per heavy atom. The number of benzene rings is 1. The third-order valence-electron chi connectivity index (χ3n) is 2.40. The molecule has 0 fully saturated rings. The summed E-state index contributed by atoms with van der Waals surface area (Å²) < 4.78 is 4.69. The van der Waals surface area contributed by atoms with Crippen LogP contribution in [0.1, 0.15) is 20.4 Å². The smallest absolute Gasteiger partial charge is 0.357 e. The summed E-state index contributed by atoms with van der Waals surface area (Å²) in [6.07, 6.45) is 0. The molecule has 0 unspecified atom stereocenters. The molecule has 0 saturated heterocycles. The van der Waals surface area contributed by atoms with Crippen LogP contribution in [0.25, 0.3) is 0 Å².